The van der Waals surface area contributed by atoms with Crippen LogP contribution in [0.3, 0.4) is 0 Å². The lowest BCUT2D eigenvalue weighted by Crippen LogP contribution is -2.35. The Kier molecular flexibility index (Phi) is 5.98. The van der Waals surface area contributed by atoms with Gasteiger partial charge in [0.25, 0.3) is 0 Å². The molecular formula is C20H23F3N4O. The topological polar surface area (TPSA) is 59.4 Å². The third-order valence-corrected chi connectivity index (χ3v) is 4.79. The Morgan fingerprint density at radius 2 is 2.11 bits per heavy atom. The van der Waals surface area contributed by atoms with Crippen LogP contribution in [0.2, 0.25) is 0 Å². The number of hydrogen-bond donors (Lipinski definition) is 1. The highest BCUT2D eigenvalue weighted by molar-refractivity contribution is 5.99. The van der Waals surface area contributed by atoms with Gasteiger partial charge in [0.05, 0.1) is 17.0 Å². The molecule has 0 bridgehead atoms. The summed E-state index contributed by atoms with van der Waals surface area (Å²) in [5.41, 5.74) is 1.42. The number of benzene rings is 1. The molecule has 28 heavy (non-hydrogen) atoms. The summed E-state index contributed by atoms with van der Waals surface area (Å²) < 4.78 is 38.5. The fourth-order valence-electron chi connectivity index (χ4n) is 3.36. The second kappa shape index (κ2) is 8.26. The van der Waals surface area contributed by atoms with E-state index in [0.29, 0.717) is 17.6 Å². The zero-order valence-corrected chi connectivity index (χ0v) is 16.0. The van der Waals surface area contributed by atoms with Gasteiger partial charge in [-0.2, -0.15) is 13.2 Å². The van der Waals surface area contributed by atoms with Crippen molar-refractivity contribution >= 4 is 5.71 Å². The van der Waals surface area contributed by atoms with E-state index < -0.39 is 11.7 Å². The van der Waals surface area contributed by atoms with Crippen molar-refractivity contribution in [2.45, 2.75) is 51.7 Å². The largest absolute Gasteiger partial charge is 0.416 e. The predicted molar refractivity (Wildman–Crippen MR) is 100 cm³/mol. The Morgan fingerprint density at radius 3 is 2.82 bits per heavy atom. The first-order valence-electron chi connectivity index (χ1n) is 9.20. The van der Waals surface area contributed by atoms with Gasteiger partial charge in [-0.15, -0.1) is 0 Å². The number of aromatic nitrogens is 2. The molecule has 1 aromatic heterocycles. The van der Waals surface area contributed by atoms with Crippen LogP contribution in [0.1, 0.15) is 55.3 Å². The van der Waals surface area contributed by atoms with Gasteiger partial charge in [-0.3, -0.25) is 0 Å². The smallest absolute Gasteiger partial charge is 0.357 e. The number of nitrogens with one attached hydrogen (secondary N) is 1. The van der Waals surface area contributed by atoms with Crippen LogP contribution >= 0.6 is 0 Å². The molecule has 1 fully saturated rings. The fourth-order valence-corrected chi connectivity index (χ4v) is 3.36. The molecule has 3 rings (SSSR count). The number of piperidine rings is 1. The van der Waals surface area contributed by atoms with E-state index in [1.165, 1.54) is 12.1 Å². The van der Waals surface area contributed by atoms with Crippen LogP contribution in [0, 0.1) is 6.92 Å². The van der Waals surface area contributed by atoms with Gasteiger partial charge < -0.3 is 10.2 Å². The van der Waals surface area contributed by atoms with Gasteiger partial charge in [0, 0.05) is 23.7 Å². The van der Waals surface area contributed by atoms with Crippen molar-refractivity contribution in [2.24, 2.45) is 5.16 Å². The highest BCUT2D eigenvalue weighted by atomic mass is 19.4. The molecule has 1 saturated heterocycles. The monoisotopic (exact) mass is 392 g/mol. The van der Waals surface area contributed by atoms with E-state index in [4.69, 9.17) is 4.84 Å². The lowest BCUT2D eigenvalue weighted by Gasteiger charge is -2.28. The second-order valence-electron chi connectivity index (χ2n) is 7.09. The van der Waals surface area contributed by atoms with Gasteiger partial charge in [-0.25, -0.2) is 9.97 Å². The van der Waals surface area contributed by atoms with E-state index in [-0.39, 0.29) is 11.7 Å². The first-order chi connectivity index (χ1) is 13.2. The van der Waals surface area contributed by atoms with Crippen molar-refractivity contribution in [3.8, 4) is 5.75 Å². The van der Waals surface area contributed by atoms with Crippen LogP contribution in [0.25, 0.3) is 0 Å². The molecule has 0 radical (unpaired) electrons. The minimum Gasteiger partial charge on any atom is -0.357 e. The Balaban J connectivity index is 1.85. The molecule has 150 valence electrons. The maximum Gasteiger partial charge on any atom is 0.416 e. The maximum atomic E-state index is 12.8. The van der Waals surface area contributed by atoms with Crippen molar-refractivity contribution in [1.29, 1.82) is 0 Å². The lowest BCUT2D eigenvalue weighted by molar-refractivity contribution is -0.137. The second-order valence-corrected chi connectivity index (χ2v) is 7.09. The lowest BCUT2D eigenvalue weighted by atomic mass is 9.87. The quantitative estimate of drug-likeness (QED) is 0.616. The average molecular weight is 392 g/mol. The summed E-state index contributed by atoms with van der Waals surface area (Å²) in [5.74, 6) is 0.974. The van der Waals surface area contributed by atoms with Crippen molar-refractivity contribution in [3.05, 3.63) is 53.1 Å². The highest BCUT2D eigenvalue weighted by Gasteiger charge is 2.30. The van der Waals surface area contributed by atoms with Crippen molar-refractivity contribution in [2.75, 3.05) is 6.54 Å². The molecule has 0 amide bonds. The SMILES string of the molecule is CC(=NOc1cccc(C(F)(F)F)c1)c1cnc(C)nc1C1CCNC(C)C1. The molecule has 2 aromatic rings. The Morgan fingerprint density at radius 1 is 1.32 bits per heavy atom. The average Bonchev–Trinajstić information content (AvgIpc) is 2.65. The summed E-state index contributed by atoms with van der Waals surface area (Å²) in [6.45, 7) is 6.63. The third kappa shape index (κ3) is 4.86. The molecule has 0 spiro atoms. The summed E-state index contributed by atoms with van der Waals surface area (Å²) in [6, 6.07) is 5.04. The zero-order chi connectivity index (χ0) is 20.3. The number of halogens is 3. The molecule has 1 aliphatic rings. The fraction of sp³-hybridized carbons (Fsp3) is 0.450. The van der Waals surface area contributed by atoms with Crippen molar-refractivity contribution in [3.63, 3.8) is 0 Å². The first kappa shape index (κ1) is 20.3. The van der Waals surface area contributed by atoms with Gasteiger partial charge >= 0.3 is 6.18 Å². The minimum absolute atomic E-state index is 0.0271. The van der Waals surface area contributed by atoms with E-state index in [9.17, 15) is 13.2 Å². The van der Waals surface area contributed by atoms with Crippen LogP contribution in [0.15, 0.2) is 35.6 Å². The molecule has 5 nitrogen and oxygen atoms in total. The summed E-state index contributed by atoms with van der Waals surface area (Å²) in [5, 5.41) is 7.46. The molecule has 2 unspecified atom stereocenters. The van der Waals surface area contributed by atoms with Crippen molar-refractivity contribution < 1.29 is 18.0 Å². The standard InChI is InChI=1S/C20H23F3N4O/c1-12-9-15(7-8-24-12)19-18(11-25-14(3)26-19)13(2)27-28-17-6-4-5-16(10-17)20(21,22)23/h4-6,10-12,15,24H,7-9H2,1-3H3. The third-order valence-electron chi connectivity index (χ3n) is 4.79. The summed E-state index contributed by atoms with van der Waals surface area (Å²) in [6.07, 6.45) is -0.818. The number of nitrogens with zero attached hydrogens (tertiary/aromatic N) is 3. The Labute approximate surface area is 162 Å². The molecule has 1 aliphatic heterocycles. The Bertz CT molecular complexity index is 867. The van der Waals surface area contributed by atoms with Crippen LogP contribution in [0.5, 0.6) is 5.75 Å². The molecule has 0 saturated carbocycles. The molecular weight excluding hydrogens is 369 g/mol. The van der Waals surface area contributed by atoms with Crippen LogP contribution < -0.4 is 10.2 Å². The molecule has 1 aromatic carbocycles. The van der Waals surface area contributed by atoms with Gasteiger partial charge in [-0.1, -0.05) is 11.2 Å². The molecule has 0 aliphatic carbocycles. The van der Waals surface area contributed by atoms with Gasteiger partial charge in [0.2, 0.25) is 0 Å². The van der Waals surface area contributed by atoms with E-state index in [2.05, 4.69) is 27.4 Å². The highest BCUT2D eigenvalue weighted by Crippen LogP contribution is 2.32. The number of rotatable bonds is 4. The zero-order valence-electron chi connectivity index (χ0n) is 16.0. The number of aryl methyl sites for hydroxylation is 1. The summed E-state index contributed by atoms with van der Waals surface area (Å²) in [4.78, 5) is 14.2. The maximum absolute atomic E-state index is 12.8. The van der Waals surface area contributed by atoms with Gasteiger partial charge in [0.15, 0.2) is 5.75 Å². The number of oxime groups is 1. The number of hydrogen-bond acceptors (Lipinski definition) is 5. The van der Waals surface area contributed by atoms with E-state index in [0.717, 1.165) is 42.8 Å². The van der Waals surface area contributed by atoms with Crippen LogP contribution in [-0.4, -0.2) is 28.3 Å². The van der Waals surface area contributed by atoms with Crippen LogP contribution in [0.4, 0.5) is 13.2 Å². The summed E-state index contributed by atoms with van der Waals surface area (Å²) in [7, 11) is 0. The first-order valence-corrected chi connectivity index (χ1v) is 9.20. The molecule has 2 heterocycles. The van der Waals surface area contributed by atoms with Gasteiger partial charge in [0.1, 0.15) is 5.82 Å². The number of alkyl halides is 3. The van der Waals surface area contributed by atoms with E-state index in [1.54, 1.807) is 13.1 Å². The molecule has 1 N–H and O–H groups in total. The van der Waals surface area contributed by atoms with Crippen LogP contribution in [-0.2, 0) is 6.18 Å². The molecule has 2 atom stereocenters. The van der Waals surface area contributed by atoms with E-state index >= 15 is 0 Å². The normalized spacial score (nSPS) is 20.9. The Hall–Kier alpha value is -2.48. The molecule has 8 heteroatoms. The summed E-state index contributed by atoms with van der Waals surface area (Å²) >= 11 is 0. The van der Waals surface area contributed by atoms with E-state index in [1.807, 2.05) is 6.92 Å². The van der Waals surface area contributed by atoms with Crippen molar-refractivity contribution in [1.82, 2.24) is 15.3 Å². The predicted octanol–water partition coefficient (Wildman–Crippen LogP) is 4.46. The minimum atomic E-state index is -4.43. The van der Waals surface area contributed by atoms with Gasteiger partial charge in [-0.05, 0) is 58.4 Å².